The second-order valence-corrected chi connectivity index (χ2v) is 8.88. The Bertz CT molecular complexity index is 2250. The zero-order valence-electron chi connectivity index (χ0n) is 34.8. The minimum absolute atomic E-state index is 0.238. The molecule has 2 heterocycles. The van der Waals surface area contributed by atoms with Gasteiger partial charge in [0.2, 0.25) is 0 Å². The highest BCUT2D eigenvalue weighted by atomic mass is 16.7. The first kappa shape index (κ1) is 10.1. The average Bonchev–Trinajstić information content (AvgIpc) is 3.50. The summed E-state index contributed by atoms with van der Waals surface area (Å²) in [5, 5.41) is -0.674. The lowest BCUT2D eigenvalue weighted by Gasteiger charge is -2.32. The molecule has 5 aromatic rings. The molecule has 4 aromatic carbocycles. The second-order valence-electron chi connectivity index (χ2n) is 8.88. The molecule has 6 rings (SSSR count). The monoisotopic (exact) mass is 461 g/mol. The Hall–Kier alpha value is -3.34. The molecule has 0 atom stereocenters. The highest BCUT2D eigenvalue weighted by Gasteiger charge is 2.51. The van der Waals surface area contributed by atoms with Crippen molar-refractivity contribution in [3.8, 4) is 16.8 Å². The van der Waals surface area contributed by atoms with Crippen LogP contribution in [0.4, 0.5) is 0 Å². The fourth-order valence-corrected chi connectivity index (χ4v) is 3.74. The molecule has 1 saturated heterocycles. The number of nitrogens with zero attached hydrogens (tertiary/aromatic N) is 1. The van der Waals surface area contributed by atoms with Gasteiger partial charge >= 0.3 is 7.12 Å². The molecule has 0 radical (unpaired) electrons. The second kappa shape index (κ2) is 7.59. The Labute approximate surface area is 223 Å². The summed E-state index contributed by atoms with van der Waals surface area (Å²) in [4.78, 5) is 0. The Balaban J connectivity index is 1.78. The van der Waals surface area contributed by atoms with Gasteiger partial charge in [-0.15, -0.1) is 0 Å². The van der Waals surface area contributed by atoms with E-state index in [4.69, 9.17) is 29.9 Å². The molecule has 1 fully saturated rings. The van der Waals surface area contributed by atoms with E-state index in [1.54, 1.807) is 27.7 Å². The van der Waals surface area contributed by atoms with Gasteiger partial charge in [-0.3, -0.25) is 0 Å². The molecule has 168 valence electrons. The number of hydrogen-bond donors (Lipinski definition) is 0. The predicted molar refractivity (Wildman–Crippen MR) is 142 cm³/mol. The van der Waals surface area contributed by atoms with Crippen molar-refractivity contribution in [2.45, 2.75) is 38.9 Å². The van der Waals surface area contributed by atoms with Gasteiger partial charge in [-0.05, 0) is 68.5 Å². The number of benzene rings is 4. The SMILES string of the molecule is [2H]c1c([2H])c(-c2c([2H])c([2H])c(B3OC(C)(C)C(C)(C)O3)c([2H])c2[2H])c([2H])c(-n2c3c([2H])c([2H])c([2H])c([2H])c3c3c([2H])c([2H])c([2H])c([2H])c32)c1[2H]. The van der Waals surface area contributed by atoms with Gasteiger partial charge in [-0.25, -0.2) is 0 Å². The molecule has 1 aliphatic heterocycles. The summed E-state index contributed by atoms with van der Waals surface area (Å²) in [5.41, 5.74) is -4.72. The van der Waals surface area contributed by atoms with Gasteiger partial charge in [0.05, 0.1) is 44.2 Å². The van der Waals surface area contributed by atoms with Crippen molar-refractivity contribution in [2.75, 3.05) is 0 Å². The van der Waals surface area contributed by atoms with Crippen LogP contribution < -0.4 is 5.46 Å². The molecule has 0 spiro atoms. The van der Waals surface area contributed by atoms with E-state index in [1.165, 1.54) is 0 Å². The molecule has 34 heavy (non-hydrogen) atoms. The standard InChI is InChI=1S/C30H28BNO2/c1-29(2)30(3,4)34-31(33-29)23-18-16-21(17-19-23)22-10-9-11-24(20-22)32-27-14-7-5-12-25(27)26-13-6-8-15-28(26)32/h5-20H,1-4H3/i5D,6D,7D,8D,9D,10D,11D,12D,13D,14D,15D,16D,17D,18D,19D,20D. The van der Waals surface area contributed by atoms with Crippen molar-refractivity contribution < 1.29 is 31.2 Å². The van der Waals surface area contributed by atoms with Crippen LogP contribution in [0.3, 0.4) is 0 Å². The molecule has 0 amide bonds. The largest absolute Gasteiger partial charge is 0.494 e. The van der Waals surface area contributed by atoms with Crippen LogP contribution in [-0.2, 0) is 9.31 Å². The Kier molecular flexibility index (Phi) is 2.26. The molecule has 4 heteroatoms. The van der Waals surface area contributed by atoms with Crippen LogP contribution in [0.2, 0.25) is 0 Å². The third kappa shape index (κ3) is 3.29. The van der Waals surface area contributed by atoms with E-state index in [-0.39, 0.29) is 16.2 Å². The van der Waals surface area contributed by atoms with Crippen molar-refractivity contribution >= 4 is 34.4 Å². The number of aromatic nitrogens is 1. The van der Waals surface area contributed by atoms with Crippen LogP contribution in [-0.4, -0.2) is 22.9 Å². The lowest BCUT2D eigenvalue weighted by molar-refractivity contribution is 0.00578. The summed E-state index contributed by atoms with van der Waals surface area (Å²) >= 11 is 0. The normalized spacial score (nSPS) is 23.6. The molecular weight excluding hydrogens is 417 g/mol. The first-order valence-corrected chi connectivity index (χ1v) is 10.6. The third-order valence-electron chi connectivity index (χ3n) is 6.25. The van der Waals surface area contributed by atoms with E-state index in [0.29, 0.717) is 0 Å². The van der Waals surface area contributed by atoms with E-state index >= 15 is 0 Å². The molecule has 0 N–H and O–H groups in total. The predicted octanol–water partition coefficient (Wildman–Crippen LogP) is 6.75. The van der Waals surface area contributed by atoms with Gasteiger partial charge in [0.25, 0.3) is 0 Å². The van der Waals surface area contributed by atoms with E-state index < -0.39 is 143 Å². The molecule has 0 unspecified atom stereocenters. The summed E-state index contributed by atoms with van der Waals surface area (Å²) < 4.78 is 152. The summed E-state index contributed by atoms with van der Waals surface area (Å²) in [7, 11) is -1.31. The zero-order chi connectivity index (χ0) is 37.4. The minimum Gasteiger partial charge on any atom is -0.399 e. The molecule has 3 nitrogen and oxygen atoms in total. The Morgan fingerprint density at radius 1 is 0.647 bits per heavy atom. The van der Waals surface area contributed by atoms with Crippen molar-refractivity contribution in [1.82, 2.24) is 4.57 Å². The quantitative estimate of drug-likeness (QED) is 0.278. The first-order chi connectivity index (χ1) is 23.0. The molecule has 0 saturated carbocycles. The van der Waals surface area contributed by atoms with Crippen LogP contribution in [0.25, 0.3) is 38.6 Å². The van der Waals surface area contributed by atoms with E-state index in [2.05, 4.69) is 0 Å². The van der Waals surface area contributed by atoms with E-state index in [1.807, 2.05) is 0 Å². The fraction of sp³-hybridized carbons (Fsp3) is 0.200. The average molecular weight is 461 g/mol. The molecule has 0 bridgehead atoms. The van der Waals surface area contributed by atoms with E-state index in [9.17, 15) is 1.37 Å². The van der Waals surface area contributed by atoms with Gasteiger partial charge in [-0.2, -0.15) is 0 Å². The maximum atomic E-state index is 9.32. The van der Waals surface area contributed by atoms with Gasteiger partial charge in [0, 0.05) is 16.5 Å². The van der Waals surface area contributed by atoms with Crippen molar-refractivity contribution in [3.05, 3.63) is 96.7 Å². The van der Waals surface area contributed by atoms with E-state index in [0.717, 1.165) is 4.57 Å². The van der Waals surface area contributed by atoms with Gasteiger partial charge in [-0.1, -0.05) is 72.5 Å². The van der Waals surface area contributed by atoms with Crippen LogP contribution >= 0.6 is 0 Å². The first-order valence-electron chi connectivity index (χ1n) is 18.6. The third-order valence-corrected chi connectivity index (χ3v) is 6.25. The molecule has 0 aliphatic carbocycles. The maximum Gasteiger partial charge on any atom is 0.494 e. The highest BCUT2D eigenvalue weighted by Crippen LogP contribution is 2.37. The lowest BCUT2D eigenvalue weighted by atomic mass is 9.78. The Morgan fingerprint density at radius 2 is 1.21 bits per heavy atom. The number of rotatable bonds is 3. The van der Waals surface area contributed by atoms with Gasteiger partial charge in [0.1, 0.15) is 0 Å². The topological polar surface area (TPSA) is 23.4 Å². The summed E-state index contributed by atoms with van der Waals surface area (Å²) in [6.07, 6.45) is 0. The van der Waals surface area contributed by atoms with Crippen LogP contribution in [0, 0.1) is 0 Å². The van der Waals surface area contributed by atoms with Crippen molar-refractivity contribution in [2.24, 2.45) is 0 Å². The Morgan fingerprint density at radius 3 is 1.79 bits per heavy atom. The minimum atomic E-state index is -1.31. The lowest BCUT2D eigenvalue weighted by Crippen LogP contribution is -2.41. The smallest absolute Gasteiger partial charge is 0.399 e. The van der Waals surface area contributed by atoms with Crippen LogP contribution in [0.15, 0.2) is 96.7 Å². The summed E-state index contributed by atoms with van der Waals surface area (Å²) in [6.45, 7) is 6.97. The summed E-state index contributed by atoms with van der Waals surface area (Å²) in [6, 6.07) is -11.6. The van der Waals surface area contributed by atoms with Crippen molar-refractivity contribution in [1.29, 1.82) is 0 Å². The molecule has 1 aromatic heterocycles. The number of fused-ring (bicyclic) bond motifs is 3. The summed E-state index contributed by atoms with van der Waals surface area (Å²) in [5.74, 6) is 0. The maximum absolute atomic E-state index is 9.32. The van der Waals surface area contributed by atoms with Crippen molar-refractivity contribution in [3.63, 3.8) is 0 Å². The molecule has 1 aliphatic rings. The van der Waals surface area contributed by atoms with Gasteiger partial charge in [0.15, 0.2) is 0 Å². The number of hydrogen-bond acceptors (Lipinski definition) is 2. The van der Waals surface area contributed by atoms with Gasteiger partial charge < -0.3 is 13.9 Å². The highest BCUT2D eigenvalue weighted by molar-refractivity contribution is 6.62. The van der Waals surface area contributed by atoms with Crippen LogP contribution in [0.5, 0.6) is 0 Å². The fourth-order valence-electron chi connectivity index (χ4n) is 3.74. The van der Waals surface area contributed by atoms with Crippen LogP contribution in [0.1, 0.15) is 49.6 Å². The number of para-hydroxylation sites is 2. The molecular formula is C30H28BNO2. The zero-order valence-corrected chi connectivity index (χ0v) is 18.8.